The molecule has 0 saturated heterocycles. The van der Waals surface area contributed by atoms with Gasteiger partial charge in [0.1, 0.15) is 12.5 Å². The number of Topliss-reactive ketones (excluding diaryl/α,β-unsaturated/α-hetero) is 1. The number of H-pyrrole nitrogens is 2. The lowest BCUT2D eigenvalue weighted by Crippen LogP contribution is -2.31. The number of phenolic OH excluding ortho intramolecular Hbond substituents is 2. The number of ether oxygens (including phenoxy) is 2. The molecule has 2 aromatic heterocycles. The van der Waals surface area contributed by atoms with Crippen LogP contribution in [0.4, 0.5) is 0 Å². The smallest absolute Gasteiger partial charge is 0.164 e. The first-order valence-corrected chi connectivity index (χ1v) is 19.8. The largest absolute Gasteiger partial charge is 0.504 e. The van der Waals surface area contributed by atoms with Crippen LogP contribution >= 0.6 is 0 Å². The predicted molar refractivity (Wildman–Crippen MR) is 223 cm³/mol. The highest BCUT2D eigenvalue weighted by molar-refractivity contribution is 5.87. The van der Waals surface area contributed by atoms with Crippen LogP contribution in [0, 0.1) is 11.8 Å². The summed E-state index contributed by atoms with van der Waals surface area (Å²) in [5, 5.41) is 48.5. The monoisotopic (exact) mass is 773 g/mol. The predicted octanol–water partition coefficient (Wildman–Crippen LogP) is 7.20. The normalized spacial score (nSPS) is 13.6. The lowest BCUT2D eigenvalue weighted by Gasteiger charge is -2.26. The van der Waals surface area contributed by atoms with Crippen LogP contribution in [0.5, 0.6) is 23.0 Å². The molecule has 0 amide bonds. The van der Waals surface area contributed by atoms with Gasteiger partial charge in [-0.2, -0.15) is 0 Å². The molecule has 0 saturated carbocycles. The molecule has 0 bridgehead atoms. The summed E-state index contributed by atoms with van der Waals surface area (Å²) < 4.78 is 11.6. The molecule has 300 valence electrons. The molecule has 6 aromatic rings. The molecule has 0 unspecified atom stereocenters. The average molecular weight is 774 g/mol. The second-order valence-electron chi connectivity index (χ2n) is 15.1. The lowest BCUT2D eigenvalue weighted by atomic mass is 9.81. The molecule has 2 heterocycles. The van der Waals surface area contributed by atoms with E-state index in [1.807, 2.05) is 55.1 Å². The fourth-order valence-corrected chi connectivity index (χ4v) is 7.87. The number of ketones is 1. The van der Waals surface area contributed by atoms with Gasteiger partial charge in [0.2, 0.25) is 0 Å². The third-order valence-corrected chi connectivity index (χ3v) is 10.9. The number of methoxy groups -OCH3 is 1. The van der Waals surface area contributed by atoms with Crippen molar-refractivity contribution in [3.8, 4) is 23.0 Å². The number of aromatic amines is 2. The van der Waals surface area contributed by atoms with Crippen molar-refractivity contribution >= 4 is 16.6 Å². The molecule has 6 rings (SSSR count). The van der Waals surface area contributed by atoms with Crippen LogP contribution in [0.3, 0.4) is 0 Å². The summed E-state index contributed by atoms with van der Waals surface area (Å²) in [6, 6.07) is 25.2. The summed E-state index contributed by atoms with van der Waals surface area (Å²) in [5.41, 5.74) is 6.99. The minimum atomic E-state index is -0.976. The van der Waals surface area contributed by atoms with E-state index in [1.54, 1.807) is 38.3 Å². The third kappa shape index (κ3) is 10.7. The van der Waals surface area contributed by atoms with E-state index < -0.39 is 18.1 Å². The van der Waals surface area contributed by atoms with Crippen LogP contribution in [0.1, 0.15) is 59.2 Å². The number of hydrogen-bond donors (Lipinski definition) is 7. The van der Waals surface area contributed by atoms with E-state index in [4.69, 9.17) is 9.47 Å². The maximum absolute atomic E-state index is 14.4. The number of rotatable bonds is 21. The van der Waals surface area contributed by atoms with Crippen molar-refractivity contribution in [2.45, 2.75) is 71.0 Å². The fraction of sp³-hybridized carbons (Fsp3) is 0.340. The Labute approximate surface area is 334 Å². The van der Waals surface area contributed by atoms with E-state index in [0.29, 0.717) is 44.4 Å². The van der Waals surface area contributed by atoms with E-state index in [2.05, 4.69) is 46.5 Å². The molecule has 0 aliphatic heterocycles. The Balaban J connectivity index is 1.28. The van der Waals surface area contributed by atoms with Gasteiger partial charge in [-0.25, -0.2) is 0 Å². The van der Waals surface area contributed by atoms with Crippen molar-refractivity contribution in [3.05, 3.63) is 143 Å². The van der Waals surface area contributed by atoms with Crippen LogP contribution in [-0.4, -0.2) is 68.8 Å². The Bertz CT molecular complexity index is 2200. The van der Waals surface area contributed by atoms with Crippen molar-refractivity contribution in [2.75, 3.05) is 20.4 Å². The van der Waals surface area contributed by atoms with Crippen LogP contribution in [-0.2, 0) is 43.3 Å². The average Bonchev–Trinajstić information content (AvgIpc) is 3.93. The maximum Gasteiger partial charge on any atom is 0.164 e. The Morgan fingerprint density at radius 3 is 2.19 bits per heavy atom. The standard InChI is InChI=1S/C47H55N3O7/c1-4-34-10-11-35-7-5-6-8-39(35)40(34)24-41-36(12-14-43(53)47(41)56-3)23-38(21-33-16-18-49-28-33)45(55)25-44(54)37(20-32-15-17-48-27-32)19-31-9-13-42(52)46(22-31)57-29-50-26-30(2)51/h5-18,22,27-28,30,37-38,45,48-53,55H,4,19-21,23-26,29H2,1-3H3/t30-,37-,38-,45+/m0/s1. The number of benzene rings is 4. The second kappa shape index (κ2) is 19.5. The van der Waals surface area contributed by atoms with Crippen molar-refractivity contribution in [2.24, 2.45) is 11.8 Å². The zero-order valence-corrected chi connectivity index (χ0v) is 33.0. The molecular formula is C47H55N3O7. The van der Waals surface area contributed by atoms with E-state index in [9.17, 15) is 25.2 Å². The summed E-state index contributed by atoms with van der Waals surface area (Å²) in [4.78, 5) is 20.6. The van der Waals surface area contributed by atoms with Crippen molar-refractivity contribution < 1.29 is 34.7 Å². The highest BCUT2D eigenvalue weighted by Gasteiger charge is 2.29. The van der Waals surface area contributed by atoms with Crippen molar-refractivity contribution in [3.63, 3.8) is 0 Å². The summed E-state index contributed by atoms with van der Waals surface area (Å²) in [6.45, 7) is 4.25. The molecule has 7 N–H and O–H groups in total. The molecule has 0 aliphatic carbocycles. The summed E-state index contributed by atoms with van der Waals surface area (Å²) in [7, 11) is 1.57. The van der Waals surface area contributed by atoms with Crippen molar-refractivity contribution in [1.29, 1.82) is 0 Å². The number of aliphatic hydroxyl groups is 2. The van der Waals surface area contributed by atoms with Gasteiger partial charge < -0.3 is 39.9 Å². The number of fused-ring (bicyclic) bond motifs is 1. The number of carbonyl (C=O) groups excluding carboxylic acids is 1. The van der Waals surface area contributed by atoms with E-state index in [0.717, 1.165) is 45.0 Å². The Morgan fingerprint density at radius 2 is 1.49 bits per heavy atom. The van der Waals surface area contributed by atoms with Crippen LogP contribution in [0.2, 0.25) is 0 Å². The molecule has 10 nitrogen and oxygen atoms in total. The number of phenols is 2. The first kappa shape index (κ1) is 41.1. The van der Waals surface area contributed by atoms with Gasteiger partial charge in [-0.15, -0.1) is 0 Å². The molecular weight excluding hydrogens is 719 g/mol. The van der Waals surface area contributed by atoms with Gasteiger partial charge in [0.15, 0.2) is 23.0 Å². The molecule has 4 aromatic carbocycles. The van der Waals surface area contributed by atoms with E-state index >= 15 is 0 Å². The summed E-state index contributed by atoms with van der Waals surface area (Å²) >= 11 is 0. The number of nitrogens with one attached hydrogen (secondary N) is 3. The zero-order valence-electron chi connectivity index (χ0n) is 33.0. The Hall–Kier alpha value is -5.55. The maximum atomic E-state index is 14.4. The van der Waals surface area contributed by atoms with Crippen molar-refractivity contribution in [1.82, 2.24) is 15.3 Å². The highest BCUT2D eigenvalue weighted by Crippen LogP contribution is 2.38. The van der Waals surface area contributed by atoms with Gasteiger partial charge in [0, 0.05) is 55.7 Å². The Kier molecular flexibility index (Phi) is 14.1. The van der Waals surface area contributed by atoms with Gasteiger partial charge in [-0.1, -0.05) is 55.5 Å². The topological polar surface area (TPSA) is 160 Å². The van der Waals surface area contributed by atoms with Gasteiger partial charge >= 0.3 is 0 Å². The zero-order chi connectivity index (χ0) is 40.3. The van der Waals surface area contributed by atoms with Crippen LogP contribution in [0.15, 0.2) is 104 Å². The molecule has 10 heteroatoms. The first-order chi connectivity index (χ1) is 27.6. The molecule has 4 atom stereocenters. The van der Waals surface area contributed by atoms with E-state index in [-0.39, 0.29) is 42.1 Å². The SMILES string of the molecule is CCc1ccc2ccccc2c1Cc1c(C[C@H](Cc2cc[nH]c2)[C@H](O)CC(=O)[C@H](Cc2cc[nH]c2)Cc2ccc(O)c(OCNC[C@H](C)O)c2)ccc(O)c1OC. The molecule has 57 heavy (non-hydrogen) atoms. The number of hydrogen-bond acceptors (Lipinski definition) is 8. The second-order valence-corrected chi connectivity index (χ2v) is 15.1. The molecule has 0 aliphatic rings. The highest BCUT2D eigenvalue weighted by atomic mass is 16.5. The van der Waals surface area contributed by atoms with Crippen LogP contribution < -0.4 is 14.8 Å². The molecule has 0 spiro atoms. The number of aromatic hydroxyl groups is 2. The third-order valence-electron chi connectivity index (χ3n) is 10.9. The van der Waals surface area contributed by atoms with E-state index in [1.165, 1.54) is 11.1 Å². The Morgan fingerprint density at radius 1 is 0.789 bits per heavy atom. The van der Waals surface area contributed by atoms with Gasteiger partial charge in [-0.3, -0.25) is 10.1 Å². The molecule has 0 fully saturated rings. The summed E-state index contributed by atoms with van der Waals surface area (Å²) in [6.07, 6.45) is 9.10. The van der Waals surface area contributed by atoms with Gasteiger partial charge in [0.25, 0.3) is 0 Å². The number of aliphatic hydroxyl groups excluding tert-OH is 2. The summed E-state index contributed by atoms with van der Waals surface area (Å²) in [5.74, 6) is -0.145. The minimum absolute atomic E-state index is 0.0225. The number of carbonyl (C=O) groups is 1. The lowest BCUT2D eigenvalue weighted by molar-refractivity contribution is -0.125. The number of aromatic nitrogens is 2. The van der Waals surface area contributed by atoms with Gasteiger partial charge in [-0.05, 0) is 119 Å². The van der Waals surface area contributed by atoms with Crippen LogP contribution in [0.25, 0.3) is 10.8 Å². The number of aryl methyl sites for hydroxylation is 1. The first-order valence-electron chi connectivity index (χ1n) is 19.8. The molecule has 0 radical (unpaired) electrons. The minimum Gasteiger partial charge on any atom is -0.504 e. The quantitative estimate of drug-likeness (QED) is 0.0299. The fourth-order valence-electron chi connectivity index (χ4n) is 7.87. The van der Waals surface area contributed by atoms with Gasteiger partial charge in [0.05, 0.1) is 19.3 Å².